The molecule has 2 aromatic carbocycles. The van der Waals surface area contributed by atoms with Crippen molar-refractivity contribution in [2.75, 3.05) is 12.4 Å². The van der Waals surface area contributed by atoms with Crippen molar-refractivity contribution in [1.82, 2.24) is 4.72 Å². The number of benzene rings is 2. The van der Waals surface area contributed by atoms with E-state index >= 15 is 0 Å². The predicted octanol–water partition coefficient (Wildman–Crippen LogP) is 3.15. The highest BCUT2D eigenvalue weighted by atomic mass is 79.9. The summed E-state index contributed by atoms with van der Waals surface area (Å²) in [6, 6.07) is 11.3. The van der Waals surface area contributed by atoms with Gasteiger partial charge in [0.25, 0.3) is 5.91 Å². The lowest BCUT2D eigenvalue weighted by molar-refractivity contribution is 0.102. The van der Waals surface area contributed by atoms with Gasteiger partial charge in [-0.2, -0.15) is 0 Å². The first kappa shape index (κ1) is 17.9. The van der Waals surface area contributed by atoms with Gasteiger partial charge in [-0.25, -0.2) is 13.1 Å². The zero-order chi connectivity index (χ0) is 18.0. The van der Waals surface area contributed by atoms with Crippen molar-refractivity contribution in [1.29, 1.82) is 0 Å². The van der Waals surface area contributed by atoms with Crippen LogP contribution in [0.25, 0.3) is 0 Å². The summed E-state index contributed by atoms with van der Waals surface area (Å²) in [4.78, 5) is 12.6. The molecule has 0 aliphatic heterocycles. The highest BCUT2D eigenvalue weighted by Crippen LogP contribution is 2.26. The van der Waals surface area contributed by atoms with E-state index in [2.05, 4.69) is 26.0 Å². The van der Waals surface area contributed by atoms with Crippen LogP contribution in [-0.2, 0) is 10.0 Å². The highest BCUT2D eigenvalue weighted by molar-refractivity contribution is 9.10. The van der Waals surface area contributed by atoms with Gasteiger partial charge in [0.15, 0.2) is 0 Å². The van der Waals surface area contributed by atoms with Crippen LogP contribution in [0.5, 0.6) is 5.75 Å². The molecule has 0 aromatic heterocycles. The molecule has 2 N–H and O–H groups in total. The third-order valence-electron chi connectivity index (χ3n) is 3.74. The minimum atomic E-state index is -3.62. The lowest BCUT2D eigenvalue weighted by Gasteiger charge is -2.10. The summed E-state index contributed by atoms with van der Waals surface area (Å²) in [6.45, 7) is 0. The zero-order valence-electron chi connectivity index (χ0n) is 13.5. The fourth-order valence-electron chi connectivity index (χ4n) is 2.21. The van der Waals surface area contributed by atoms with Crippen LogP contribution in [0.15, 0.2) is 51.8 Å². The van der Waals surface area contributed by atoms with Crippen molar-refractivity contribution in [2.24, 2.45) is 0 Å². The number of halogens is 1. The molecule has 0 spiro atoms. The maximum atomic E-state index is 12.5. The van der Waals surface area contributed by atoms with Gasteiger partial charge >= 0.3 is 0 Å². The average molecular weight is 425 g/mol. The number of ether oxygens (including phenoxy) is 1. The first-order chi connectivity index (χ1) is 11.9. The molecule has 1 amide bonds. The smallest absolute Gasteiger partial charge is 0.256 e. The van der Waals surface area contributed by atoms with Gasteiger partial charge < -0.3 is 10.1 Å². The number of rotatable bonds is 6. The van der Waals surface area contributed by atoms with Gasteiger partial charge in [0.2, 0.25) is 10.0 Å². The molecule has 6 nitrogen and oxygen atoms in total. The van der Waals surface area contributed by atoms with Crippen molar-refractivity contribution in [3.63, 3.8) is 0 Å². The molecular formula is C17H17BrN2O4S. The summed E-state index contributed by atoms with van der Waals surface area (Å²) in [5.74, 6) is 0.277. The van der Waals surface area contributed by atoms with E-state index in [1.807, 2.05) is 0 Å². The molecule has 0 atom stereocenters. The summed E-state index contributed by atoms with van der Waals surface area (Å²) < 4.78 is 32.8. The molecule has 25 heavy (non-hydrogen) atoms. The second kappa shape index (κ2) is 7.15. The quantitative estimate of drug-likeness (QED) is 0.745. The molecule has 1 aliphatic carbocycles. The van der Waals surface area contributed by atoms with Gasteiger partial charge in [0.05, 0.1) is 17.6 Å². The van der Waals surface area contributed by atoms with Gasteiger partial charge in [-0.15, -0.1) is 0 Å². The molecule has 1 aliphatic rings. The molecule has 1 saturated carbocycles. The van der Waals surface area contributed by atoms with Crippen LogP contribution in [0.1, 0.15) is 23.2 Å². The van der Waals surface area contributed by atoms with Crippen LogP contribution in [-0.4, -0.2) is 27.5 Å². The van der Waals surface area contributed by atoms with Crippen LogP contribution < -0.4 is 14.8 Å². The highest BCUT2D eigenvalue weighted by Gasteiger charge is 2.28. The Morgan fingerprint density at radius 2 is 1.84 bits per heavy atom. The lowest BCUT2D eigenvalue weighted by atomic mass is 10.2. The molecule has 0 unspecified atom stereocenters. The molecule has 132 valence electrons. The third-order valence-corrected chi connectivity index (χ3v) is 5.95. The maximum Gasteiger partial charge on any atom is 0.256 e. The summed E-state index contributed by atoms with van der Waals surface area (Å²) >= 11 is 3.30. The molecule has 3 rings (SSSR count). The minimum absolute atomic E-state index is 0.00484. The minimum Gasteiger partial charge on any atom is -0.497 e. The Balaban J connectivity index is 1.82. The molecule has 0 heterocycles. The Morgan fingerprint density at radius 3 is 2.44 bits per heavy atom. The number of nitrogens with one attached hydrogen (secondary N) is 2. The fraction of sp³-hybridized carbons (Fsp3) is 0.235. The topological polar surface area (TPSA) is 84.5 Å². The first-order valence-corrected chi connectivity index (χ1v) is 9.94. The number of carbonyl (C=O) groups is 1. The zero-order valence-corrected chi connectivity index (χ0v) is 15.9. The van der Waals surface area contributed by atoms with Crippen molar-refractivity contribution in [3.05, 3.63) is 52.5 Å². The first-order valence-electron chi connectivity index (χ1n) is 7.66. The van der Waals surface area contributed by atoms with Crippen LogP contribution >= 0.6 is 15.9 Å². The Labute approximate surface area is 154 Å². The number of amides is 1. The van der Waals surface area contributed by atoms with Crippen molar-refractivity contribution < 1.29 is 17.9 Å². The maximum absolute atomic E-state index is 12.5. The lowest BCUT2D eigenvalue weighted by Crippen LogP contribution is -2.26. The standard InChI is InChI=1S/C17H17BrN2O4S/c1-24-13-6-4-11(5-7-13)19-17(21)15-10-14(8-9-16(15)18)25(22,23)20-12-2-3-12/h4-10,12,20H,2-3H2,1H3,(H,19,21). The number of sulfonamides is 1. The number of hydrogen-bond acceptors (Lipinski definition) is 4. The predicted molar refractivity (Wildman–Crippen MR) is 98.4 cm³/mol. The molecule has 8 heteroatoms. The Bertz CT molecular complexity index is 893. The normalized spacial score (nSPS) is 14.2. The van der Waals surface area contributed by atoms with E-state index in [9.17, 15) is 13.2 Å². The van der Waals surface area contributed by atoms with E-state index < -0.39 is 15.9 Å². The van der Waals surface area contributed by atoms with E-state index in [1.54, 1.807) is 37.4 Å². The number of carbonyl (C=O) groups excluding carboxylic acids is 1. The Morgan fingerprint density at radius 1 is 1.16 bits per heavy atom. The molecule has 0 saturated heterocycles. The summed E-state index contributed by atoms with van der Waals surface area (Å²) in [6.07, 6.45) is 1.70. The van der Waals surface area contributed by atoms with Crippen LogP contribution in [0.3, 0.4) is 0 Å². The van der Waals surface area contributed by atoms with Gasteiger partial charge in [-0.3, -0.25) is 4.79 Å². The van der Waals surface area contributed by atoms with Gasteiger partial charge in [0.1, 0.15) is 5.75 Å². The van der Waals surface area contributed by atoms with E-state index in [-0.39, 0.29) is 16.5 Å². The summed E-state index contributed by atoms with van der Waals surface area (Å²) in [7, 11) is -2.06. The second-order valence-electron chi connectivity index (χ2n) is 5.72. The largest absolute Gasteiger partial charge is 0.497 e. The van der Waals surface area contributed by atoms with E-state index in [0.717, 1.165) is 12.8 Å². The molecule has 2 aromatic rings. The molecule has 0 radical (unpaired) electrons. The van der Waals surface area contributed by atoms with Gasteiger partial charge in [-0.1, -0.05) is 0 Å². The number of anilines is 1. The van der Waals surface area contributed by atoms with E-state index in [1.165, 1.54) is 12.1 Å². The second-order valence-corrected chi connectivity index (χ2v) is 8.29. The average Bonchev–Trinajstić information content (AvgIpc) is 3.39. The monoisotopic (exact) mass is 424 g/mol. The summed E-state index contributed by atoms with van der Waals surface area (Å²) in [5.41, 5.74) is 0.830. The third kappa shape index (κ3) is 4.39. The summed E-state index contributed by atoms with van der Waals surface area (Å²) in [5, 5.41) is 2.74. The van der Waals surface area contributed by atoms with Crippen molar-refractivity contribution >= 4 is 37.5 Å². The van der Waals surface area contributed by atoms with E-state index in [0.29, 0.717) is 15.9 Å². The molecular weight excluding hydrogens is 408 g/mol. The Kier molecular flexibility index (Phi) is 5.12. The SMILES string of the molecule is COc1ccc(NC(=O)c2cc(S(=O)(=O)NC3CC3)ccc2Br)cc1. The number of methoxy groups -OCH3 is 1. The van der Waals surface area contributed by atoms with Gasteiger partial charge in [0, 0.05) is 16.2 Å². The van der Waals surface area contributed by atoms with Crippen LogP contribution in [0.2, 0.25) is 0 Å². The van der Waals surface area contributed by atoms with Gasteiger partial charge in [-0.05, 0) is 71.2 Å². The van der Waals surface area contributed by atoms with E-state index in [4.69, 9.17) is 4.74 Å². The van der Waals surface area contributed by atoms with Crippen LogP contribution in [0, 0.1) is 0 Å². The Hall–Kier alpha value is -1.90. The molecule has 0 bridgehead atoms. The molecule has 1 fully saturated rings. The van der Waals surface area contributed by atoms with Crippen molar-refractivity contribution in [3.8, 4) is 5.75 Å². The van der Waals surface area contributed by atoms with Crippen LogP contribution in [0.4, 0.5) is 5.69 Å². The van der Waals surface area contributed by atoms with Crippen molar-refractivity contribution in [2.45, 2.75) is 23.8 Å². The fourth-order valence-corrected chi connectivity index (χ4v) is 3.96. The number of hydrogen-bond donors (Lipinski definition) is 2.